The number of nitrogens with two attached hydrogens (primary N) is 1. The monoisotopic (exact) mass is 566 g/mol. The number of rotatable bonds is 6. The Labute approximate surface area is 255 Å². The second-order valence-corrected chi connectivity index (χ2v) is 11.0. The number of benzene rings is 5. The average Bonchev–Trinajstić information content (AvgIpc) is 3.59. The SMILES string of the molecule is N/C(=C\C=C/Cc1ccccc1)n1c2ccccc2c2cc3c(cc21)c1ccccc1n3-c1cccc(-c2ccccc2)n1. The molecular formula is C40H30N4. The summed E-state index contributed by atoms with van der Waals surface area (Å²) in [4.78, 5) is 5.15. The van der Waals surface area contributed by atoms with E-state index in [1.807, 2.05) is 18.2 Å². The number of nitrogens with zero attached hydrogens (tertiary/aromatic N) is 3. The van der Waals surface area contributed by atoms with Gasteiger partial charge in [0.15, 0.2) is 0 Å². The molecule has 0 unspecified atom stereocenters. The molecule has 44 heavy (non-hydrogen) atoms. The van der Waals surface area contributed by atoms with Crippen molar-refractivity contribution < 1.29 is 0 Å². The number of pyridine rings is 1. The van der Waals surface area contributed by atoms with Gasteiger partial charge in [-0.3, -0.25) is 9.13 Å². The van der Waals surface area contributed by atoms with Crippen molar-refractivity contribution in [2.24, 2.45) is 5.73 Å². The molecule has 0 amide bonds. The Kier molecular flexibility index (Phi) is 6.31. The maximum atomic E-state index is 6.83. The molecule has 8 aromatic rings. The zero-order valence-corrected chi connectivity index (χ0v) is 24.1. The third-order valence-electron chi connectivity index (χ3n) is 8.36. The van der Waals surface area contributed by atoms with E-state index in [0.29, 0.717) is 5.82 Å². The van der Waals surface area contributed by atoms with Crippen LogP contribution in [-0.2, 0) is 6.42 Å². The quantitative estimate of drug-likeness (QED) is 0.204. The first kappa shape index (κ1) is 25.8. The third-order valence-corrected chi connectivity index (χ3v) is 8.36. The van der Waals surface area contributed by atoms with Crippen molar-refractivity contribution in [3.8, 4) is 17.1 Å². The van der Waals surface area contributed by atoms with Gasteiger partial charge in [0.05, 0.1) is 27.8 Å². The first-order valence-corrected chi connectivity index (χ1v) is 14.9. The van der Waals surface area contributed by atoms with Gasteiger partial charge in [-0.25, -0.2) is 4.98 Å². The molecular weight excluding hydrogens is 536 g/mol. The molecule has 0 aliphatic heterocycles. The summed E-state index contributed by atoms with van der Waals surface area (Å²) in [6.07, 6.45) is 7.07. The van der Waals surface area contributed by atoms with E-state index in [0.717, 1.165) is 61.7 Å². The molecule has 4 nitrogen and oxygen atoms in total. The van der Waals surface area contributed by atoms with Gasteiger partial charge in [0.1, 0.15) is 11.6 Å². The van der Waals surface area contributed by atoms with Gasteiger partial charge >= 0.3 is 0 Å². The van der Waals surface area contributed by atoms with Gasteiger partial charge in [-0.15, -0.1) is 0 Å². The van der Waals surface area contributed by atoms with Crippen LogP contribution in [0.25, 0.3) is 66.5 Å². The highest BCUT2D eigenvalue weighted by Gasteiger charge is 2.18. The molecule has 2 N–H and O–H groups in total. The van der Waals surface area contributed by atoms with Crippen molar-refractivity contribution in [3.05, 3.63) is 163 Å². The van der Waals surface area contributed by atoms with E-state index < -0.39 is 0 Å². The van der Waals surface area contributed by atoms with Crippen molar-refractivity contribution >= 4 is 49.4 Å². The van der Waals surface area contributed by atoms with Crippen LogP contribution in [0.4, 0.5) is 0 Å². The summed E-state index contributed by atoms with van der Waals surface area (Å²) in [5.74, 6) is 1.57. The molecule has 0 aliphatic rings. The van der Waals surface area contributed by atoms with Crippen molar-refractivity contribution in [1.29, 1.82) is 0 Å². The van der Waals surface area contributed by atoms with Crippen molar-refractivity contribution in [1.82, 2.24) is 14.1 Å². The highest BCUT2D eigenvalue weighted by Crippen LogP contribution is 2.39. The fourth-order valence-electron chi connectivity index (χ4n) is 6.33. The molecule has 5 aromatic carbocycles. The highest BCUT2D eigenvalue weighted by molar-refractivity contribution is 6.19. The number of para-hydroxylation sites is 2. The van der Waals surface area contributed by atoms with Gasteiger partial charge in [-0.2, -0.15) is 0 Å². The fraction of sp³-hybridized carbons (Fsp3) is 0.0250. The predicted octanol–water partition coefficient (Wildman–Crippen LogP) is 9.51. The van der Waals surface area contributed by atoms with Crippen molar-refractivity contribution in [3.63, 3.8) is 0 Å². The van der Waals surface area contributed by atoms with Gasteiger partial charge in [0.2, 0.25) is 0 Å². The van der Waals surface area contributed by atoms with E-state index >= 15 is 0 Å². The second kappa shape index (κ2) is 10.8. The van der Waals surface area contributed by atoms with E-state index in [1.54, 1.807) is 0 Å². The Hall–Kier alpha value is -5.87. The Morgan fingerprint density at radius 2 is 1.23 bits per heavy atom. The summed E-state index contributed by atoms with van der Waals surface area (Å²) in [5.41, 5.74) is 14.6. The molecule has 4 heteroatoms. The third kappa shape index (κ3) is 4.36. The van der Waals surface area contributed by atoms with E-state index in [4.69, 9.17) is 10.7 Å². The van der Waals surface area contributed by atoms with Crippen LogP contribution in [0.2, 0.25) is 0 Å². The van der Waals surface area contributed by atoms with Crippen LogP contribution in [0.15, 0.2) is 158 Å². The molecule has 0 bridgehead atoms. The molecule has 0 aliphatic carbocycles. The van der Waals surface area contributed by atoms with E-state index in [2.05, 4.69) is 149 Å². The summed E-state index contributed by atoms with van der Waals surface area (Å²) in [5, 5.41) is 4.66. The number of aromatic nitrogens is 3. The first-order valence-electron chi connectivity index (χ1n) is 14.9. The van der Waals surface area contributed by atoms with Crippen LogP contribution >= 0.6 is 0 Å². The molecule has 3 aromatic heterocycles. The Morgan fingerprint density at radius 3 is 2.02 bits per heavy atom. The normalized spacial score (nSPS) is 12.3. The zero-order valence-electron chi connectivity index (χ0n) is 24.1. The Morgan fingerprint density at radius 1 is 0.591 bits per heavy atom. The standard InChI is InChI=1S/C40H30N4/c41-39(24-12-7-16-28-14-3-1-4-15-28)43-35-22-10-8-19-30(35)32-27-38-33(26-37(32)43)31-20-9-11-23-36(31)44(38)40-25-13-21-34(42-40)29-17-5-2-6-18-29/h1-15,17-27H,16,41H2/b12-7-,39-24+. The maximum absolute atomic E-state index is 6.83. The topological polar surface area (TPSA) is 48.8 Å². The molecule has 3 heterocycles. The molecule has 0 fully saturated rings. The lowest BCUT2D eigenvalue weighted by molar-refractivity contribution is 1.08. The number of allylic oxidation sites excluding steroid dienone is 3. The molecule has 8 rings (SSSR count). The lowest BCUT2D eigenvalue weighted by Gasteiger charge is -2.10. The lowest BCUT2D eigenvalue weighted by Crippen LogP contribution is -2.05. The smallest absolute Gasteiger partial charge is 0.138 e. The average molecular weight is 567 g/mol. The summed E-state index contributed by atoms with van der Waals surface area (Å²) < 4.78 is 4.46. The van der Waals surface area contributed by atoms with Gasteiger partial charge in [0.25, 0.3) is 0 Å². The number of hydrogen-bond acceptors (Lipinski definition) is 2. The Balaban J connectivity index is 1.33. The van der Waals surface area contributed by atoms with Gasteiger partial charge < -0.3 is 5.73 Å². The molecule has 0 atom stereocenters. The molecule has 0 radical (unpaired) electrons. The van der Waals surface area contributed by atoms with Crippen LogP contribution in [0.5, 0.6) is 0 Å². The molecule has 0 saturated heterocycles. The lowest BCUT2D eigenvalue weighted by atomic mass is 10.1. The predicted molar refractivity (Wildman–Crippen MR) is 185 cm³/mol. The van der Waals surface area contributed by atoms with Gasteiger partial charge in [0, 0.05) is 27.1 Å². The summed E-state index contributed by atoms with van der Waals surface area (Å²) >= 11 is 0. The largest absolute Gasteiger partial charge is 0.385 e. The number of fused-ring (bicyclic) bond motifs is 6. The molecule has 0 spiro atoms. The van der Waals surface area contributed by atoms with Crippen LogP contribution in [-0.4, -0.2) is 14.1 Å². The van der Waals surface area contributed by atoms with E-state index in [-0.39, 0.29) is 0 Å². The minimum Gasteiger partial charge on any atom is -0.385 e. The van der Waals surface area contributed by atoms with E-state index in [9.17, 15) is 0 Å². The minimum absolute atomic E-state index is 0.681. The maximum Gasteiger partial charge on any atom is 0.138 e. The Bertz CT molecular complexity index is 2360. The van der Waals surface area contributed by atoms with Gasteiger partial charge in [-0.05, 0) is 54.5 Å². The van der Waals surface area contributed by atoms with Gasteiger partial charge in [-0.1, -0.05) is 115 Å². The summed E-state index contributed by atoms with van der Waals surface area (Å²) in [7, 11) is 0. The second-order valence-electron chi connectivity index (χ2n) is 11.0. The van der Waals surface area contributed by atoms with Crippen LogP contribution in [0.3, 0.4) is 0 Å². The van der Waals surface area contributed by atoms with E-state index in [1.165, 1.54) is 10.9 Å². The first-order chi connectivity index (χ1) is 21.8. The van der Waals surface area contributed by atoms with Crippen molar-refractivity contribution in [2.75, 3.05) is 0 Å². The van der Waals surface area contributed by atoms with Crippen LogP contribution < -0.4 is 5.73 Å². The minimum atomic E-state index is 0.681. The number of hydrogen-bond donors (Lipinski definition) is 1. The van der Waals surface area contributed by atoms with Crippen molar-refractivity contribution in [2.45, 2.75) is 6.42 Å². The highest BCUT2D eigenvalue weighted by atomic mass is 15.1. The van der Waals surface area contributed by atoms with Crippen LogP contribution in [0.1, 0.15) is 5.56 Å². The molecule has 0 saturated carbocycles. The summed E-state index contributed by atoms with van der Waals surface area (Å²) in [6, 6.07) is 48.7. The summed E-state index contributed by atoms with van der Waals surface area (Å²) in [6.45, 7) is 0. The fourth-order valence-corrected chi connectivity index (χ4v) is 6.33. The molecule has 210 valence electrons. The zero-order chi connectivity index (χ0) is 29.5. The van der Waals surface area contributed by atoms with Crippen LogP contribution in [0, 0.1) is 0 Å².